The molecule has 6 heteroatoms. The van der Waals surface area contributed by atoms with Crippen LogP contribution in [0.3, 0.4) is 0 Å². The number of hydrogen-bond acceptors (Lipinski definition) is 3. The molecule has 154 valence electrons. The van der Waals surface area contributed by atoms with Crippen LogP contribution in [0.5, 0.6) is 11.5 Å². The van der Waals surface area contributed by atoms with Crippen LogP contribution in [-0.4, -0.2) is 26.9 Å². The minimum Gasteiger partial charge on any atom is -0.508 e. The molecule has 0 aliphatic heterocycles. The molecule has 3 N–H and O–H groups in total. The van der Waals surface area contributed by atoms with Crippen LogP contribution in [0.25, 0.3) is 16.6 Å². The summed E-state index contributed by atoms with van der Waals surface area (Å²) in [5.41, 5.74) is 3.73. The summed E-state index contributed by atoms with van der Waals surface area (Å²) in [5.74, 6) is 0.0272. The van der Waals surface area contributed by atoms with Crippen molar-refractivity contribution >= 4 is 39.6 Å². The maximum atomic E-state index is 10.4. The maximum absolute atomic E-state index is 10.4. The highest BCUT2D eigenvalue weighted by Crippen LogP contribution is 2.36. The lowest BCUT2D eigenvalue weighted by molar-refractivity contribution is 0.445. The molecule has 0 radical (unpaired) electrons. The number of anilines is 1. The number of fused-ring (bicyclic) bond motifs is 1. The molecular weight excluding hydrogens is 382 g/mol. The Morgan fingerprint density at radius 3 is 2.45 bits per heavy atom. The number of phenolic OH excluding ortho intramolecular Hbond substituents is 2. The molecule has 29 heavy (non-hydrogen) atoms. The number of thiocarbonyl (C=S) groups is 1. The molecule has 3 aromatic rings. The lowest BCUT2D eigenvalue weighted by Gasteiger charge is -2.28. The Balaban J connectivity index is 0.00000145. The molecule has 2 aromatic carbocycles. The van der Waals surface area contributed by atoms with E-state index in [2.05, 4.69) is 11.9 Å². The number of benzene rings is 2. The van der Waals surface area contributed by atoms with E-state index in [4.69, 9.17) is 12.2 Å². The lowest BCUT2D eigenvalue weighted by Crippen LogP contribution is -2.36. The summed E-state index contributed by atoms with van der Waals surface area (Å²) in [6.07, 6.45) is 2.64. The second-order valence-electron chi connectivity index (χ2n) is 6.36. The van der Waals surface area contributed by atoms with Gasteiger partial charge in [-0.2, -0.15) is 0 Å². The Morgan fingerprint density at radius 1 is 1.14 bits per heavy atom. The van der Waals surface area contributed by atoms with Crippen LogP contribution in [0.1, 0.15) is 31.9 Å². The van der Waals surface area contributed by atoms with Crippen LogP contribution >= 0.6 is 12.2 Å². The van der Waals surface area contributed by atoms with Gasteiger partial charge in [-0.25, -0.2) is 0 Å². The molecule has 0 bridgehead atoms. The van der Waals surface area contributed by atoms with Crippen molar-refractivity contribution in [1.29, 1.82) is 0 Å². The van der Waals surface area contributed by atoms with E-state index in [0.717, 1.165) is 22.2 Å². The molecule has 3 rings (SSSR count). The van der Waals surface area contributed by atoms with Crippen molar-refractivity contribution < 1.29 is 10.2 Å². The predicted molar refractivity (Wildman–Crippen MR) is 127 cm³/mol. The molecular formula is C23H29N3O2S. The van der Waals surface area contributed by atoms with E-state index in [1.807, 2.05) is 62.8 Å². The number of phenols is 2. The summed E-state index contributed by atoms with van der Waals surface area (Å²) in [6, 6.07) is 11.2. The molecule has 0 saturated carbocycles. The Morgan fingerprint density at radius 2 is 1.83 bits per heavy atom. The lowest BCUT2D eigenvalue weighted by atomic mass is 10.0. The SMILES string of the molecule is C=C(c1cc(CC)c(O)cc1O)N(C(=S)NC)c1ccc2c(ccn2C)c1.CC. The van der Waals surface area contributed by atoms with Gasteiger partial charge in [0.1, 0.15) is 11.5 Å². The van der Waals surface area contributed by atoms with Gasteiger partial charge in [0.25, 0.3) is 0 Å². The summed E-state index contributed by atoms with van der Waals surface area (Å²) in [6.45, 7) is 10.1. The van der Waals surface area contributed by atoms with Crippen LogP contribution in [0.4, 0.5) is 5.69 Å². The van der Waals surface area contributed by atoms with Crippen molar-refractivity contribution in [2.24, 2.45) is 7.05 Å². The molecule has 0 amide bonds. The number of aromatic nitrogens is 1. The second kappa shape index (κ2) is 9.47. The Bertz CT molecular complexity index is 1040. The van der Waals surface area contributed by atoms with Gasteiger partial charge in [0.05, 0.1) is 5.70 Å². The molecule has 0 unspecified atom stereocenters. The van der Waals surface area contributed by atoms with E-state index in [0.29, 0.717) is 22.8 Å². The minimum absolute atomic E-state index is 0.0422. The fourth-order valence-electron chi connectivity index (χ4n) is 3.17. The number of nitrogens with one attached hydrogen (secondary N) is 1. The van der Waals surface area contributed by atoms with Crippen molar-refractivity contribution in [3.8, 4) is 11.5 Å². The summed E-state index contributed by atoms with van der Waals surface area (Å²) < 4.78 is 2.05. The van der Waals surface area contributed by atoms with Crippen molar-refractivity contribution in [3.05, 3.63) is 60.3 Å². The van der Waals surface area contributed by atoms with Gasteiger partial charge in [-0.1, -0.05) is 27.4 Å². The number of hydrogen-bond donors (Lipinski definition) is 3. The average molecular weight is 412 g/mol. The van der Waals surface area contributed by atoms with Gasteiger partial charge in [-0.05, 0) is 54.5 Å². The molecule has 0 saturated heterocycles. The molecule has 0 atom stereocenters. The predicted octanol–water partition coefficient (Wildman–Crippen LogP) is 5.16. The van der Waals surface area contributed by atoms with E-state index in [-0.39, 0.29) is 11.5 Å². The Hall–Kier alpha value is -2.99. The number of aromatic hydroxyl groups is 2. The van der Waals surface area contributed by atoms with Gasteiger partial charge in [0.15, 0.2) is 5.11 Å². The second-order valence-corrected chi connectivity index (χ2v) is 6.75. The van der Waals surface area contributed by atoms with E-state index >= 15 is 0 Å². The standard InChI is InChI=1S/C21H23N3O2S.C2H6/c1-5-14-11-17(20(26)12-19(14)25)13(2)24(21(27)22-3)16-6-7-18-15(10-16)8-9-23(18)4;1-2/h6-12,25-26H,2,5H2,1,3-4H3,(H,22,27);1-2H3. The molecule has 5 nitrogen and oxygen atoms in total. The molecule has 1 heterocycles. The van der Waals surface area contributed by atoms with Crippen LogP contribution in [0.2, 0.25) is 0 Å². The van der Waals surface area contributed by atoms with Crippen LogP contribution in [0.15, 0.2) is 49.2 Å². The highest BCUT2D eigenvalue weighted by Gasteiger charge is 2.20. The van der Waals surface area contributed by atoms with E-state index in [1.165, 1.54) is 6.07 Å². The summed E-state index contributed by atoms with van der Waals surface area (Å²) in [5, 5.41) is 24.9. The van der Waals surface area contributed by atoms with Gasteiger partial charge in [0.2, 0.25) is 0 Å². The smallest absolute Gasteiger partial charge is 0.177 e. The molecule has 0 fully saturated rings. The molecule has 0 aliphatic rings. The Kier molecular flexibility index (Phi) is 7.29. The monoisotopic (exact) mass is 411 g/mol. The first-order valence-corrected chi connectivity index (χ1v) is 10.1. The van der Waals surface area contributed by atoms with Gasteiger partial charge in [-0.3, -0.25) is 4.90 Å². The first kappa shape index (κ1) is 22.3. The van der Waals surface area contributed by atoms with Crippen molar-refractivity contribution in [3.63, 3.8) is 0 Å². The van der Waals surface area contributed by atoms with Crippen molar-refractivity contribution in [1.82, 2.24) is 9.88 Å². The molecule has 1 aromatic heterocycles. The minimum atomic E-state index is -0.0422. The quantitative estimate of drug-likeness (QED) is 0.518. The molecule has 0 spiro atoms. The normalized spacial score (nSPS) is 10.2. The zero-order valence-electron chi connectivity index (χ0n) is 17.7. The third kappa shape index (κ3) is 4.38. The summed E-state index contributed by atoms with van der Waals surface area (Å²) in [7, 11) is 3.75. The van der Waals surface area contributed by atoms with E-state index in [1.54, 1.807) is 18.0 Å². The molecule has 0 aliphatic carbocycles. The maximum Gasteiger partial charge on any atom is 0.177 e. The summed E-state index contributed by atoms with van der Waals surface area (Å²) in [4.78, 5) is 1.79. The Labute approximate surface area is 177 Å². The highest BCUT2D eigenvalue weighted by molar-refractivity contribution is 7.80. The number of aryl methyl sites for hydroxylation is 2. The highest BCUT2D eigenvalue weighted by atomic mass is 32.1. The first-order valence-electron chi connectivity index (χ1n) is 9.68. The van der Waals surface area contributed by atoms with Crippen molar-refractivity contribution in [2.45, 2.75) is 27.2 Å². The number of nitrogens with zero attached hydrogens (tertiary/aromatic N) is 2. The third-order valence-corrected chi connectivity index (χ3v) is 5.09. The first-order chi connectivity index (χ1) is 13.9. The van der Waals surface area contributed by atoms with Gasteiger partial charge >= 0.3 is 0 Å². The summed E-state index contributed by atoms with van der Waals surface area (Å²) >= 11 is 5.51. The largest absolute Gasteiger partial charge is 0.508 e. The van der Waals surface area contributed by atoms with Gasteiger partial charge in [0, 0.05) is 48.5 Å². The van der Waals surface area contributed by atoms with Crippen LogP contribution < -0.4 is 10.2 Å². The van der Waals surface area contributed by atoms with E-state index in [9.17, 15) is 10.2 Å². The topological polar surface area (TPSA) is 60.7 Å². The van der Waals surface area contributed by atoms with Crippen LogP contribution in [-0.2, 0) is 13.5 Å². The van der Waals surface area contributed by atoms with E-state index < -0.39 is 0 Å². The third-order valence-electron chi connectivity index (χ3n) is 4.70. The average Bonchev–Trinajstić information content (AvgIpc) is 3.09. The van der Waals surface area contributed by atoms with Crippen LogP contribution in [0, 0.1) is 0 Å². The number of rotatable bonds is 4. The fraction of sp³-hybridized carbons (Fsp3) is 0.261. The van der Waals surface area contributed by atoms with Crippen molar-refractivity contribution in [2.75, 3.05) is 11.9 Å². The van der Waals surface area contributed by atoms with Gasteiger partial charge in [-0.15, -0.1) is 0 Å². The zero-order valence-corrected chi connectivity index (χ0v) is 18.5. The van der Waals surface area contributed by atoms with Gasteiger partial charge < -0.3 is 20.1 Å². The fourth-order valence-corrected chi connectivity index (χ4v) is 3.39. The zero-order chi connectivity index (χ0) is 21.7.